The minimum atomic E-state index is -2.53. The Morgan fingerprint density at radius 3 is 2.61 bits per heavy atom. The van der Waals surface area contributed by atoms with E-state index in [2.05, 4.69) is 10.6 Å². The fourth-order valence-corrected chi connectivity index (χ4v) is 2.75. The van der Waals surface area contributed by atoms with E-state index in [4.69, 9.17) is 0 Å². The number of rotatable bonds is 5. The molecule has 2 amide bonds. The highest BCUT2D eigenvalue weighted by Crippen LogP contribution is 2.31. The van der Waals surface area contributed by atoms with Crippen LogP contribution in [0.15, 0.2) is 47.4 Å². The number of alkyl halides is 2. The minimum Gasteiger partial charge on any atom is -0.334 e. The number of halogens is 2. The van der Waals surface area contributed by atoms with Crippen LogP contribution in [0.2, 0.25) is 0 Å². The molecule has 6 heteroatoms. The highest BCUT2D eigenvalue weighted by Gasteiger charge is 2.11. The van der Waals surface area contributed by atoms with Crippen LogP contribution in [-0.4, -0.2) is 11.8 Å². The molecule has 0 spiro atoms. The molecule has 3 nitrogen and oxygen atoms in total. The zero-order valence-corrected chi connectivity index (χ0v) is 13.7. The summed E-state index contributed by atoms with van der Waals surface area (Å²) in [5.74, 6) is -2.53. The van der Waals surface area contributed by atoms with Crippen molar-refractivity contribution in [2.45, 2.75) is 31.0 Å². The molecular weight excluding hydrogens is 318 g/mol. The van der Waals surface area contributed by atoms with Gasteiger partial charge in [-0.15, -0.1) is 0 Å². The number of aryl methyl sites for hydroxylation is 2. The first kappa shape index (κ1) is 17.3. The Balaban J connectivity index is 1.97. The Morgan fingerprint density at radius 2 is 1.91 bits per heavy atom. The Kier molecular flexibility index (Phi) is 5.98. The van der Waals surface area contributed by atoms with Crippen molar-refractivity contribution in [1.82, 2.24) is 5.32 Å². The lowest BCUT2D eigenvalue weighted by atomic mass is 10.1. The molecule has 0 fully saturated rings. The normalized spacial score (nSPS) is 10.7. The van der Waals surface area contributed by atoms with Crippen LogP contribution in [0, 0.1) is 13.8 Å². The van der Waals surface area contributed by atoms with Crippen LogP contribution in [0.1, 0.15) is 16.7 Å². The van der Waals surface area contributed by atoms with Crippen LogP contribution in [-0.2, 0) is 6.54 Å². The largest absolute Gasteiger partial charge is 0.334 e. The molecule has 0 saturated carbocycles. The first-order valence-electron chi connectivity index (χ1n) is 7.10. The van der Waals surface area contributed by atoms with Crippen molar-refractivity contribution < 1.29 is 13.6 Å². The Bertz CT molecular complexity index is 692. The third-order valence-corrected chi connectivity index (χ3v) is 4.08. The second-order valence-corrected chi connectivity index (χ2v) is 6.14. The number of benzene rings is 2. The van der Waals surface area contributed by atoms with Gasteiger partial charge in [-0.1, -0.05) is 47.7 Å². The predicted molar refractivity (Wildman–Crippen MR) is 90.1 cm³/mol. The number of carbonyl (C=O) groups is 1. The van der Waals surface area contributed by atoms with Gasteiger partial charge in [-0.2, -0.15) is 8.78 Å². The summed E-state index contributed by atoms with van der Waals surface area (Å²) in [4.78, 5) is 12.3. The van der Waals surface area contributed by atoms with Gasteiger partial charge in [0.15, 0.2) is 0 Å². The van der Waals surface area contributed by atoms with Crippen molar-refractivity contribution in [3.63, 3.8) is 0 Å². The number of hydrogen-bond donors (Lipinski definition) is 2. The molecule has 0 bridgehead atoms. The highest BCUT2D eigenvalue weighted by molar-refractivity contribution is 7.99. The van der Waals surface area contributed by atoms with Gasteiger partial charge < -0.3 is 10.6 Å². The average molecular weight is 336 g/mol. The molecule has 2 N–H and O–H groups in total. The molecule has 0 aliphatic carbocycles. The summed E-state index contributed by atoms with van der Waals surface area (Å²) in [6.07, 6.45) is 0. The van der Waals surface area contributed by atoms with E-state index in [1.165, 1.54) is 0 Å². The summed E-state index contributed by atoms with van der Waals surface area (Å²) in [6, 6.07) is 12.1. The fourth-order valence-electron chi connectivity index (χ4n) is 2.15. The maximum absolute atomic E-state index is 12.5. The van der Waals surface area contributed by atoms with Crippen molar-refractivity contribution in [3.05, 3.63) is 59.2 Å². The van der Waals surface area contributed by atoms with Gasteiger partial charge in [-0.25, -0.2) is 4.79 Å². The molecule has 0 unspecified atom stereocenters. The summed E-state index contributed by atoms with van der Waals surface area (Å²) < 4.78 is 25.0. The van der Waals surface area contributed by atoms with Gasteiger partial charge in [0.05, 0.1) is 5.69 Å². The van der Waals surface area contributed by atoms with Crippen molar-refractivity contribution in [2.75, 3.05) is 5.32 Å². The smallest absolute Gasteiger partial charge is 0.319 e. The molecule has 0 radical (unpaired) electrons. The summed E-state index contributed by atoms with van der Waals surface area (Å²) in [6.45, 7) is 4.37. The number of urea groups is 1. The summed E-state index contributed by atoms with van der Waals surface area (Å²) in [5, 5.41) is 5.35. The molecule has 2 aromatic rings. The third kappa shape index (κ3) is 5.25. The number of amides is 2. The first-order chi connectivity index (χ1) is 11.0. The van der Waals surface area contributed by atoms with Crippen LogP contribution in [0.4, 0.5) is 19.3 Å². The number of carbonyl (C=O) groups excluding carboxylic acids is 1. The number of nitrogens with one attached hydrogen (secondary N) is 2. The molecule has 2 aromatic carbocycles. The lowest BCUT2D eigenvalue weighted by molar-refractivity contribution is 0.250. The Labute approximate surface area is 138 Å². The van der Waals surface area contributed by atoms with Gasteiger partial charge in [0.1, 0.15) is 0 Å². The first-order valence-corrected chi connectivity index (χ1v) is 7.98. The molecular formula is C17H18F2N2OS. The van der Waals surface area contributed by atoms with Gasteiger partial charge in [0, 0.05) is 11.4 Å². The maximum Gasteiger partial charge on any atom is 0.319 e. The van der Waals surface area contributed by atoms with E-state index in [-0.39, 0.29) is 0 Å². The highest BCUT2D eigenvalue weighted by atomic mass is 32.2. The lowest BCUT2D eigenvalue weighted by Gasteiger charge is -2.12. The molecule has 0 aromatic heterocycles. The minimum absolute atomic E-state index is 0.337. The fraction of sp³-hybridized carbons (Fsp3) is 0.235. The van der Waals surface area contributed by atoms with E-state index < -0.39 is 11.8 Å². The topological polar surface area (TPSA) is 41.1 Å². The van der Waals surface area contributed by atoms with Crippen LogP contribution >= 0.6 is 11.8 Å². The molecule has 0 atom stereocenters. The Morgan fingerprint density at radius 1 is 1.17 bits per heavy atom. The molecule has 0 saturated heterocycles. The van der Waals surface area contributed by atoms with Crippen molar-refractivity contribution >= 4 is 23.5 Å². The summed E-state index contributed by atoms with van der Waals surface area (Å²) >= 11 is 0.410. The average Bonchev–Trinajstić information content (AvgIpc) is 2.48. The van der Waals surface area contributed by atoms with Gasteiger partial charge in [0.25, 0.3) is 5.76 Å². The second-order valence-electron chi connectivity index (χ2n) is 5.11. The van der Waals surface area contributed by atoms with Crippen LogP contribution < -0.4 is 10.6 Å². The van der Waals surface area contributed by atoms with E-state index in [0.717, 1.165) is 16.7 Å². The SMILES string of the molecule is Cc1ccc(CNC(=O)Nc2ccccc2SC(F)F)c(C)c1. The quantitative estimate of drug-likeness (QED) is 0.759. The third-order valence-electron chi connectivity index (χ3n) is 3.29. The zero-order chi connectivity index (χ0) is 16.8. The van der Waals surface area contributed by atoms with E-state index in [1.807, 2.05) is 32.0 Å². The zero-order valence-electron chi connectivity index (χ0n) is 12.9. The van der Waals surface area contributed by atoms with E-state index >= 15 is 0 Å². The molecule has 0 heterocycles. The molecule has 2 rings (SSSR count). The van der Waals surface area contributed by atoms with E-state index in [9.17, 15) is 13.6 Å². The van der Waals surface area contributed by atoms with Crippen LogP contribution in [0.5, 0.6) is 0 Å². The second kappa shape index (κ2) is 7.97. The van der Waals surface area contributed by atoms with Gasteiger partial charge >= 0.3 is 6.03 Å². The van der Waals surface area contributed by atoms with Crippen LogP contribution in [0.25, 0.3) is 0 Å². The van der Waals surface area contributed by atoms with Crippen molar-refractivity contribution in [3.8, 4) is 0 Å². The maximum atomic E-state index is 12.5. The summed E-state index contributed by atoms with van der Waals surface area (Å²) in [5.41, 5.74) is 3.64. The Hall–Kier alpha value is -2.08. The number of hydrogen-bond acceptors (Lipinski definition) is 2. The molecule has 122 valence electrons. The number of para-hydroxylation sites is 1. The van der Waals surface area contributed by atoms with Crippen molar-refractivity contribution in [2.24, 2.45) is 0 Å². The number of anilines is 1. The summed E-state index contributed by atoms with van der Waals surface area (Å²) in [7, 11) is 0. The monoisotopic (exact) mass is 336 g/mol. The molecule has 0 aliphatic rings. The number of thioether (sulfide) groups is 1. The standard InChI is InChI=1S/C17H18F2N2OS/c1-11-7-8-13(12(2)9-11)10-20-17(22)21-14-5-3-4-6-15(14)23-16(18)19/h3-9,16H,10H2,1-2H3,(H2,20,21,22). The predicted octanol–water partition coefficient (Wildman–Crippen LogP) is 4.94. The van der Waals surface area contributed by atoms with Crippen LogP contribution in [0.3, 0.4) is 0 Å². The van der Waals surface area contributed by atoms with Crippen molar-refractivity contribution in [1.29, 1.82) is 0 Å². The van der Waals surface area contributed by atoms with Gasteiger partial charge in [0.2, 0.25) is 0 Å². The van der Waals surface area contributed by atoms with Gasteiger partial charge in [-0.05, 0) is 37.1 Å². The van der Waals surface area contributed by atoms with Gasteiger partial charge in [-0.3, -0.25) is 0 Å². The molecule has 23 heavy (non-hydrogen) atoms. The van der Waals surface area contributed by atoms with E-state index in [1.54, 1.807) is 24.3 Å². The molecule has 0 aliphatic heterocycles. The lowest BCUT2D eigenvalue weighted by Crippen LogP contribution is -2.28. The van der Waals surface area contributed by atoms with E-state index in [0.29, 0.717) is 28.9 Å².